The van der Waals surface area contributed by atoms with Crippen LogP contribution in [0, 0.1) is 6.42 Å². The van der Waals surface area contributed by atoms with Gasteiger partial charge in [-0.05, 0) is 49.7 Å². The molecule has 3 nitrogen and oxygen atoms in total. The van der Waals surface area contributed by atoms with Crippen LogP contribution in [-0.2, 0) is 18.8 Å². The van der Waals surface area contributed by atoms with Crippen molar-refractivity contribution in [1.29, 1.82) is 0 Å². The summed E-state index contributed by atoms with van der Waals surface area (Å²) in [4.78, 5) is 4.33. The van der Waals surface area contributed by atoms with Gasteiger partial charge in [0.15, 0.2) is 0 Å². The SMILES string of the molecule is COc1ccccc1C([CH]Cc1cc(C(F)(F)F)cc(C(F)(F)F)c1)N1CCN(C)CC1. The van der Waals surface area contributed by atoms with Gasteiger partial charge in [0.25, 0.3) is 0 Å². The molecule has 1 radical (unpaired) electrons. The van der Waals surface area contributed by atoms with Gasteiger partial charge in [-0.25, -0.2) is 0 Å². The molecule has 175 valence electrons. The van der Waals surface area contributed by atoms with E-state index in [4.69, 9.17) is 4.74 Å². The summed E-state index contributed by atoms with van der Waals surface area (Å²) in [6, 6.07) is 8.71. The highest BCUT2D eigenvalue weighted by Gasteiger charge is 2.37. The van der Waals surface area contributed by atoms with Gasteiger partial charge >= 0.3 is 12.4 Å². The first-order valence-corrected chi connectivity index (χ1v) is 10.2. The van der Waals surface area contributed by atoms with E-state index in [9.17, 15) is 26.3 Å². The highest BCUT2D eigenvalue weighted by atomic mass is 19.4. The van der Waals surface area contributed by atoms with Crippen LogP contribution >= 0.6 is 0 Å². The van der Waals surface area contributed by atoms with Crippen molar-refractivity contribution in [1.82, 2.24) is 9.80 Å². The van der Waals surface area contributed by atoms with E-state index < -0.39 is 23.5 Å². The summed E-state index contributed by atoms with van der Waals surface area (Å²) in [5, 5.41) is 0. The van der Waals surface area contributed by atoms with E-state index in [-0.39, 0.29) is 24.1 Å². The summed E-state index contributed by atoms with van der Waals surface area (Å²) in [5.41, 5.74) is -1.82. The predicted molar refractivity (Wildman–Crippen MR) is 109 cm³/mol. The Balaban J connectivity index is 1.92. The number of hydrogen-bond acceptors (Lipinski definition) is 3. The second-order valence-corrected chi connectivity index (χ2v) is 7.88. The fourth-order valence-corrected chi connectivity index (χ4v) is 3.87. The van der Waals surface area contributed by atoms with Gasteiger partial charge in [0, 0.05) is 37.8 Å². The minimum Gasteiger partial charge on any atom is -0.496 e. The molecule has 1 aliphatic rings. The molecule has 3 rings (SSSR count). The first-order chi connectivity index (χ1) is 15.0. The number of alkyl halides is 6. The number of ether oxygens (including phenoxy) is 1. The Kier molecular flexibility index (Phi) is 7.39. The van der Waals surface area contributed by atoms with E-state index in [0.29, 0.717) is 18.8 Å². The van der Waals surface area contributed by atoms with Crippen LogP contribution in [0.4, 0.5) is 26.3 Å². The predicted octanol–water partition coefficient (Wildman–Crippen LogP) is 5.47. The molecule has 32 heavy (non-hydrogen) atoms. The quantitative estimate of drug-likeness (QED) is 0.533. The van der Waals surface area contributed by atoms with Gasteiger partial charge in [0.1, 0.15) is 5.75 Å². The molecular weight excluding hydrogens is 434 g/mol. The first kappa shape index (κ1) is 24.4. The van der Waals surface area contributed by atoms with Crippen LogP contribution < -0.4 is 4.74 Å². The number of hydrogen-bond donors (Lipinski definition) is 0. The number of nitrogens with zero attached hydrogens (tertiary/aromatic N) is 2. The van der Waals surface area contributed by atoms with Crippen molar-refractivity contribution in [3.05, 3.63) is 71.1 Å². The Bertz CT molecular complexity index is 872. The van der Waals surface area contributed by atoms with Gasteiger partial charge in [-0.3, -0.25) is 4.90 Å². The Morgan fingerprint density at radius 1 is 0.906 bits per heavy atom. The van der Waals surface area contributed by atoms with Gasteiger partial charge in [0.2, 0.25) is 0 Å². The van der Waals surface area contributed by atoms with E-state index in [0.717, 1.165) is 30.8 Å². The number of piperazine rings is 1. The Morgan fingerprint density at radius 2 is 1.47 bits per heavy atom. The normalized spacial score (nSPS) is 17.4. The van der Waals surface area contributed by atoms with E-state index in [2.05, 4.69) is 9.80 Å². The third kappa shape index (κ3) is 5.95. The number of para-hydroxylation sites is 1. The molecule has 0 bridgehead atoms. The minimum absolute atomic E-state index is 0.0406. The zero-order valence-corrected chi connectivity index (χ0v) is 17.8. The van der Waals surface area contributed by atoms with Crippen LogP contribution in [0.2, 0.25) is 0 Å². The molecule has 9 heteroatoms. The average Bonchev–Trinajstić information content (AvgIpc) is 2.74. The standard InChI is InChI=1S/C23H25F6N2O/c1-30-9-11-31(12-10-30)20(19-5-3-4-6-21(19)32-2)8-7-16-13-17(22(24,25)26)15-18(14-16)23(27,28)29/h3-6,8,13-15,20H,7,9-12H2,1-2H3. The molecule has 0 N–H and O–H groups in total. The van der Waals surface area contributed by atoms with Crippen molar-refractivity contribution in [3.8, 4) is 5.75 Å². The number of methoxy groups -OCH3 is 1. The molecule has 1 heterocycles. The van der Waals surface area contributed by atoms with Crippen molar-refractivity contribution in [3.63, 3.8) is 0 Å². The number of rotatable bonds is 6. The summed E-state index contributed by atoms with van der Waals surface area (Å²) in [5.74, 6) is 0.618. The summed E-state index contributed by atoms with van der Waals surface area (Å²) in [6.07, 6.45) is -8.02. The molecule has 1 aliphatic heterocycles. The van der Waals surface area contributed by atoms with Gasteiger partial charge in [0.05, 0.1) is 18.2 Å². The highest BCUT2D eigenvalue weighted by molar-refractivity contribution is 5.39. The summed E-state index contributed by atoms with van der Waals surface area (Å²) in [6.45, 7) is 3.04. The van der Waals surface area contributed by atoms with Crippen LogP contribution in [0.3, 0.4) is 0 Å². The fraction of sp³-hybridized carbons (Fsp3) is 0.435. The molecule has 1 saturated heterocycles. The Labute approximate surface area is 183 Å². The van der Waals surface area contributed by atoms with E-state index >= 15 is 0 Å². The lowest BCUT2D eigenvalue weighted by molar-refractivity contribution is -0.143. The third-order valence-electron chi connectivity index (χ3n) is 5.61. The maximum absolute atomic E-state index is 13.2. The van der Waals surface area contributed by atoms with Gasteiger partial charge in [-0.1, -0.05) is 18.2 Å². The monoisotopic (exact) mass is 459 g/mol. The summed E-state index contributed by atoms with van der Waals surface area (Å²) < 4.78 is 84.8. The molecule has 1 unspecified atom stereocenters. The van der Waals surface area contributed by atoms with Crippen LogP contribution in [-0.4, -0.2) is 50.1 Å². The molecular formula is C23H25F6N2O. The topological polar surface area (TPSA) is 15.7 Å². The number of benzene rings is 2. The molecule has 0 aromatic heterocycles. The lowest BCUT2D eigenvalue weighted by atomic mass is 9.94. The van der Waals surface area contributed by atoms with Crippen molar-refractivity contribution < 1.29 is 31.1 Å². The third-order valence-corrected chi connectivity index (χ3v) is 5.61. The maximum atomic E-state index is 13.2. The van der Waals surface area contributed by atoms with Crippen LogP contribution in [0.25, 0.3) is 0 Å². The van der Waals surface area contributed by atoms with Gasteiger partial charge in [-0.15, -0.1) is 0 Å². The van der Waals surface area contributed by atoms with Crippen LogP contribution in [0.1, 0.15) is 28.3 Å². The molecule has 2 aromatic rings. The Hall–Kier alpha value is -2.26. The fourth-order valence-electron chi connectivity index (χ4n) is 3.87. The van der Waals surface area contributed by atoms with E-state index in [1.807, 2.05) is 25.2 Å². The van der Waals surface area contributed by atoms with Crippen molar-refractivity contribution >= 4 is 0 Å². The van der Waals surface area contributed by atoms with Gasteiger partial charge in [-0.2, -0.15) is 26.3 Å². The minimum atomic E-state index is -4.87. The smallest absolute Gasteiger partial charge is 0.416 e. The van der Waals surface area contributed by atoms with Crippen molar-refractivity contribution in [2.24, 2.45) is 0 Å². The lowest BCUT2D eigenvalue weighted by Crippen LogP contribution is -2.46. The van der Waals surface area contributed by atoms with Crippen molar-refractivity contribution in [2.45, 2.75) is 24.8 Å². The maximum Gasteiger partial charge on any atom is 0.416 e. The Morgan fingerprint density at radius 3 is 2.00 bits per heavy atom. The largest absolute Gasteiger partial charge is 0.496 e. The highest BCUT2D eigenvalue weighted by Crippen LogP contribution is 2.38. The zero-order valence-electron chi connectivity index (χ0n) is 17.8. The molecule has 1 atom stereocenters. The summed E-state index contributed by atoms with van der Waals surface area (Å²) in [7, 11) is 3.53. The van der Waals surface area contributed by atoms with Gasteiger partial charge < -0.3 is 9.64 Å². The van der Waals surface area contributed by atoms with E-state index in [1.54, 1.807) is 12.5 Å². The number of halogens is 6. The second-order valence-electron chi connectivity index (χ2n) is 7.88. The average molecular weight is 459 g/mol. The molecule has 2 aromatic carbocycles. The van der Waals surface area contributed by atoms with Crippen molar-refractivity contribution in [2.75, 3.05) is 40.3 Å². The molecule has 0 spiro atoms. The molecule has 0 saturated carbocycles. The zero-order chi connectivity index (χ0) is 23.5. The first-order valence-electron chi connectivity index (χ1n) is 10.2. The molecule has 1 fully saturated rings. The molecule has 0 amide bonds. The molecule has 0 aliphatic carbocycles. The van der Waals surface area contributed by atoms with E-state index in [1.165, 1.54) is 7.11 Å². The van der Waals surface area contributed by atoms with Crippen LogP contribution in [0.15, 0.2) is 42.5 Å². The van der Waals surface area contributed by atoms with Crippen LogP contribution in [0.5, 0.6) is 5.75 Å². The summed E-state index contributed by atoms with van der Waals surface area (Å²) >= 11 is 0. The second kappa shape index (κ2) is 9.70. The number of likely N-dealkylation sites (N-methyl/N-ethyl adjacent to an activating group) is 1. The lowest BCUT2D eigenvalue weighted by Gasteiger charge is -2.38.